The van der Waals surface area contributed by atoms with Gasteiger partial charge in [0.05, 0.1) is 11.3 Å². The van der Waals surface area contributed by atoms with Crippen molar-refractivity contribution in [2.75, 3.05) is 5.32 Å². The molecule has 1 aromatic heterocycles. The summed E-state index contributed by atoms with van der Waals surface area (Å²) in [6, 6.07) is 24.6. The van der Waals surface area contributed by atoms with Gasteiger partial charge in [-0.25, -0.2) is 0 Å². The Hall–Kier alpha value is -3.79. The molecule has 1 heterocycles. The van der Waals surface area contributed by atoms with E-state index in [0.29, 0.717) is 11.1 Å². The molecule has 4 heteroatoms. The Bertz CT molecular complexity index is 1160. The molecule has 3 aromatic carbocycles. The number of hydrogen-bond acceptors (Lipinski definition) is 3. The Morgan fingerprint density at radius 3 is 2.21 bits per heavy atom. The van der Waals surface area contributed by atoms with Crippen LogP contribution in [0, 0.1) is 0 Å². The zero-order chi connectivity index (χ0) is 19.5. The SMILES string of the molecule is CC(=O)c1ccc(-c2ccc(C(=O)Nc3cccc4ccccc34)cn2)cc1. The van der Waals surface area contributed by atoms with Crippen LogP contribution in [-0.4, -0.2) is 16.7 Å². The maximum Gasteiger partial charge on any atom is 0.257 e. The number of aromatic nitrogens is 1. The fraction of sp³-hybridized carbons (Fsp3) is 0.0417. The number of fused-ring (bicyclic) bond motifs is 1. The van der Waals surface area contributed by atoms with Crippen LogP contribution in [0.2, 0.25) is 0 Å². The molecule has 0 bridgehead atoms. The van der Waals surface area contributed by atoms with E-state index in [4.69, 9.17) is 0 Å². The first-order chi connectivity index (χ1) is 13.6. The lowest BCUT2D eigenvalue weighted by atomic mass is 10.1. The van der Waals surface area contributed by atoms with Crippen molar-refractivity contribution in [1.82, 2.24) is 4.98 Å². The van der Waals surface area contributed by atoms with Gasteiger partial charge in [-0.1, -0.05) is 60.7 Å². The Morgan fingerprint density at radius 1 is 0.786 bits per heavy atom. The Morgan fingerprint density at radius 2 is 1.50 bits per heavy atom. The van der Waals surface area contributed by atoms with E-state index in [9.17, 15) is 9.59 Å². The van der Waals surface area contributed by atoms with Gasteiger partial charge in [0.1, 0.15) is 0 Å². The summed E-state index contributed by atoms with van der Waals surface area (Å²) in [5.74, 6) is -0.178. The van der Waals surface area contributed by atoms with Crippen LogP contribution in [0.4, 0.5) is 5.69 Å². The van der Waals surface area contributed by atoms with Gasteiger partial charge in [0.2, 0.25) is 0 Å². The van der Waals surface area contributed by atoms with Gasteiger partial charge in [-0.2, -0.15) is 0 Å². The van der Waals surface area contributed by atoms with Gasteiger partial charge < -0.3 is 5.32 Å². The highest BCUT2D eigenvalue weighted by atomic mass is 16.1. The van der Waals surface area contributed by atoms with Crippen molar-refractivity contribution >= 4 is 28.2 Å². The number of carbonyl (C=O) groups excluding carboxylic acids is 2. The summed E-state index contributed by atoms with van der Waals surface area (Å²) >= 11 is 0. The van der Waals surface area contributed by atoms with E-state index < -0.39 is 0 Å². The molecule has 0 aliphatic rings. The number of benzene rings is 3. The lowest BCUT2D eigenvalue weighted by Crippen LogP contribution is -2.12. The highest BCUT2D eigenvalue weighted by Crippen LogP contribution is 2.24. The van der Waals surface area contributed by atoms with Gasteiger partial charge in [0.15, 0.2) is 5.78 Å². The molecule has 1 N–H and O–H groups in total. The van der Waals surface area contributed by atoms with E-state index in [0.717, 1.165) is 27.7 Å². The lowest BCUT2D eigenvalue weighted by molar-refractivity contribution is 0.101. The molecule has 0 saturated carbocycles. The molecule has 0 radical (unpaired) electrons. The third kappa shape index (κ3) is 3.53. The van der Waals surface area contributed by atoms with E-state index in [1.54, 1.807) is 30.5 Å². The molecule has 0 saturated heterocycles. The van der Waals surface area contributed by atoms with E-state index in [2.05, 4.69) is 10.3 Å². The zero-order valence-corrected chi connectivity index (χ0v) is 15.3. The van der Waals surface area contributed by atoms with Crippen molar-refractivity contribution in [1.29, 1.82) is 0 Å². The summed E-state index contributed by atoms with van der Waals surface area (Å²) in [7, 11) is 0. The average Bonchev–Trinajstić information content (AvgIpc) is 2.74. The fourth-order valence-corrected chi connectivity index (χ4v) is 3.10. The minimum Gasteiger partial charge on any atom is -0.321 e. The number of anilines is 1. The van der Waals surface area contributed by atoms with E-state index in [1.807, 2.05) is 54.6 Å². The molecule has 28 heavy (non-hydrogen) atoms. The first kappa shape index (κ1) is 17.6. The molecule has 0 aliphatic carbocycles. The summed E-state index contributed by atoms with van der Waals surface area (Å²) in [4.78, 5) is 28.4. The number of ketones is 1. The molecule has 0 atom stereocenters. The summed E-state index contributed by atoms with van der Waals surface area (Å²) < 4.78 is 0. The molecule has 136 valence electrons. The van der Waals surface area contributed by atoms with Crippen LogP contribution in [0.5, 0.6) is 0 Å². The Labute approximate surface area is 162 Å². The molecule has 4 nitrogen and oxygen atoms in total. The minimum absolute atomic E-state index is 0.0277. The number of rotatable bonds is 4. The van der Waals surface area contributed by atoms with E-state index >= 15 is 0 Å². The normalized spacial score (nSPS) is 10.6. The third-order valence-corrected chi connectivity index (χ3v) is 4.65. The van der Waals surface area contributed by atoms with Crippen molar-refractivity contribution in [3.63, 3.8) is 0 Å². The maximum atomic E-state index is 12.6. The Balaban J connectivity index is 1.55. The number of carbonyl (C=O) groups is 2. The molecule has 0 aliphatic heterocycles. The topological polar surface area (TPSA) is 59.1 Å². The monoisotopic (exact) mass is 366 g/mol. The standard InChI is InChI=1S/C24H18N2O2/c1-16(27)17-9-11-19(12-10-17)22-14-13-20(15-25-22)24(28)26-23-8-4-6-18-5-2-3-7-21(18)23/h2-15H,1H3,(H,26,28). The van der Waals surface area contributed by atoms with Crippen molar-refractivity contribution in [3.8, 4) is 11.3 Å². The van der Waals surface area contributed by atoms with Crippen LogP contribution in [0.25, 0.3) is 22.0 Å². The first-order valence-electron chi connectivity index (χ1n) is 8.98. The van der Waals surface area contributed by atoms with Crippen LogP contribution in [0.3, 0.4) is 0 Å². The van der Waals surface area contributed by atoms with Gasteiger partial charge >= 0.3 is 0 Å². The Kier molecular flexibility index (Phi) is 4.68. The molecule has 1 amide bonds. The molecule has 4 rings (SSSR count). The van der Waals surface area contributed by atoms with Crippen LogP contribution in [-0.2, 0) is 0 Å². The number of Topliss-reactive ketones (excluding diaryl/α,β-unsaturated/α-hetero) is 1. The van der Waals surface area contributed by atoms with Gasteiger partial charge in [0, 0.05) is 28.4 Å². The highest BCUT2D eigenvalue weighted by molar-refractivity contribution is 6.09. The van der Waals surface area contributed by atoms with Gasteiger partial charge in [-0.3, -0.25) is 14.6 Å². The first-order valence-corrected chi connectivity index (χ1v) is 8.98. The maximum absolute atomic E-state index is 12.6. The van der Waals surface area contributed by atoms with Crippen molar-refractivity contribution in [3.05, 3.63) is 96.2 Å². The number of amides is 1. The van der Waals surface area contributed by atoms with Gasteiger partial charge in [-0.05, 0) is 30.5 Å². The smallest absolute Gasteiger partial charge is 0.257 e. The zero-order valence-electron chi connectivity index (χ0n) is 15.3. The van der Waals surface area contributed by atoms with Gasteiger partial charge in [0.25, 0.3) is 5.91 Å². The van der Waals surface area contributed by atoms with E-state index in [1.165, 1.54) is 6.92 Å². The second-order valence-electron chi connectivity index (χ2n) is 6.55. The summed E-state index contributed by atoms with van der Waals surface area (Å²) in [6.45, 7) is 1.54. The van der Waals surface area contributed by atoms with Crippen LogP contribution >= 0.6 is 0 Å². The summed E-state index contributed by atoms with van der Waals surface area (Å²) in [5, 5.41) is 5.03. The van der Waals surface area contributed by atoms with Crippen molar-refractivity contribution < 1.29 is 9.59 Å². The van der Waals surface area contributed by atoms with Crippen LogP contribution in [0.15, 0.2) is 85.1 Å². The lowest BCUT2D eigenvalue weighted by Gasteiger charge is -2.09. The number of nitrogens with one attached hydrogen (secondary N) is 1. The molecular weight excluding hydrogens is 348 g/mol. The minimum atomic E-state index is -0.206. The van der Waals surface area contributed by atoms with Crippen molar-refractivity contribution in [2.45, 2.75) is 6.92 Å². The molecule has 4 aromatic rings. The number of hydrogen-bond donors (Lipinski definition) is 1. The largest absolute Gasteiger partial charge is 0.321 e. The van der Waals surface area contributed by atoms with E-state index in [-0.39, 0.29) is 11.7 Å². The second-order valence-corrected chi connectivity index (χ2v) is 6.55. The van der Waals surface area contributed by atoms with Crippen LogP contribution in [0.1, 0.15) is 27.6 Å². The highest BCUT2D eigenvalue weighted by Gasteiger charge is 2.10. The second kappa shape index (κ2) is 7.45. The molecule has 0 fully saturated rings. The third-order valence-electron chi connectivity index (χ3n) is 4.65. The predicted octanol–water partition coefficient (Wildman–Crippen LogP) is 5.36. The number of pyridine rings is 1. The van der Waals surface area contributed by atoms with Gasteiger partial charge in [-0.15, -0.1) is 0 Å². The summed E-state index contributed by atoms with van der Waals surface area (Å²) in [6.07, 6.45) is 1.56. The molecule has 0 spiro atoms. The molecular formula is C24H18N2O2. The van der Waals surface area contributed by atoms with Crippen LogP contribution < -0.4 is 5.32 Å². The summed E-state index contributed by atoms with van der Waals surface area (Å²) in [5.41, 5.74) is 3.56. The average molecular weight is 366 g/mol. The predicted molar refractivity (Wildman–Crippen MR) is 112 cm³/mol. The van der Waals surface area contributed by atoms with Crippen molar-refractivity contribution in [2.24, 2.45) is 0 Å². The fourth-order valence-electron chi connectivity index (χ4n) is 3.10. The molecule has 0 unspecified atom stereocenters. The quantitative estimate of drug-likeness (QED) is 0.495. The number of nitrogens with zero attached hydrogens (tertiary/aromatic N) is 1.